The number of hydrogen-bond donors (Lipinski definition) is 0. The molecule has 1 aromatic heterocycles. The van der Waals surface area contributed by atoms with Gasteiger partial charge < -0.3 is 4.74 Å². The number of hydrogen-bond acceptors (Lipinski definition) is 3. The lowest BCUT2D eigenvalue weighted by molar-refractivity contribution is 0.0600. The number of aromatic nitrogens is 1. The SMILES string of the molecule is COC(=O)c1ccc(C(Br)c2ccccc2)nc1. The Labute approximate surface area is 114 Å². The van der Waals surface area contributed by atoms with Gasteiger partial charge in [0.15, 0.2) is 0 Å². The number of alkyl halides is 1. The molecule has 0 N–H and O–H groups in total. The van der Waals surface area contributed by atoms with Gasteiger partial charge in [-0.25, -0.2) is 4.79 Å². The quantitative estimate of drug-likeness (QED) is 0.645. The van der Waals surface area contributed by atoms with Crippen LogP contribution in [-0.4, -0.2) is 18.1 Å². The van der Waals surface area contributed by atoms with Gasteiger partial charge in [0.05, 0.1) is 23.2 Å². The van der Waals surface area contributed by atoms with Crippen molar-refractivity contribution in [2.45, 2.75) is 4.83 Å². The van der Waals surface area contributed by atoms with Crippen LogP contribution in [-0.2, 0) is 4.74 Å². The first-order valence-electron chi connectivity index (χ1n) is 5.45. The van der Waals surface area contributed by atoms with Crippen molar-refractivity contribution in [3.63, 3.8) is 0 Å². The van der Waals surface area contributed by atoms with Crippen molar-refractivity contribution in [1.82, 2.24) is 4.98 Å². The van der Waals surface area contributed by atoms with E-state index in [-0.39, 0.29) is 10.8 Å². The second-order valence-electron chi connectivity index (χ2n) is 3.74. The average Bonchev–Trinajstić information content (AvgIpc) is 2.47. The van der Waals surface area contributed by atoms with Crippen LogP contribution in [0, 0.1) is 0 Å². The summed E-state index contributed by atoms with van der Waals surface area (Å²) < 4.78 is 4.63. The Morgan fingerprint density at radius 1 is 1.22 bits per heavy atom. The van der Waals surface area contributed by atoms with Gasteiger partial charge in [0.25, 0.3) is 0 Å². The van der Waals surface area contributed by atoms with E-state index in [1.165, 1.54) is 13.3 Å². The molecule has 0 saturated heterocycles. The number of halogens is 1. The molecule has 92 valence electrons. The molecular formula is C14H12BrNO2. The summed E-state index contributed by atoms with van der Waals surface area (Å²) in [5, 5.41) is 0. The van der Waals surface area contributed by atoms with Crippen molar-refractivity contribution >= 4 is 21.9 Å². The molecule has 0 radical (unpaired) electrons. The van der Waals surface area contributed by atoms with Crippen LogP contribution in [0.15, 0.2) is 48.7 Å². The summed E-state index contributed by atoms with van der Waals surface area (Å²) in [6.07, 6.45) is 1.53. The fourth-order valence-electron chi connectivity index (χ4n) is 1.59. The van der Waals surface area contributed by atoms with Gasteiger partial charge in [0, 0.05) is 6.20 Å². The topological polar surface area (TPSA) is 39.2 Å². The Bertz CT molecular complexity index is 525. The Morgan fingerprint density at radius 2 is 1.94 bits per heavy atom. The molecule has 0 bridgehead atoms. The fraction of sp³-hybridized carbons (Fsp3) is 0.143. The highest BCUT2D eigenvalue weighted by Crippen LogP contribution is 2.28. The first kappa shape index (κ1) is 12.8. The summed E-state index contributed by atoms with van der Waals surface area (Å²) >= 11 is 3.59. The molecular weight excluding hydrogens is 294 g/mol. The highest BCUT2D eigenvalue weighted by atomic mass is 79.9. The third-order valence-corrected chi connectivity index (χ3v) is 3.56. The summed E-state index contributed by atoms with van der Waals surface area (Å²) in [4.78, 5) is 15.6. The van der Waals surface area contributed by atoms with Gasteiger partial charge in [0.2, 0.25) is 0 Å². The maximum atomic E-state index is 11.3. The van der Waals surface area contributed by atoms with E-state index in [0.717, 1.165) is 11.3 Å². The zero-order valence-electron chi connectivity index (χ0n) is 9.84. The van der Waals surface area contributed by atoms with Gasteiger partial charge in [0.1, 0.15) is 0 Å². The molecule has 3 nitrogen and oxygen atoms in total. The first-order valence-corrected chi connectivity index (χ1v) is 6.37. The molecule has 0 aliphatic heterocycles. The van der Waals surface area contributed by atoms with Crippen molar-refractivity contribution in [1.29, 1.82) is 0 Å². The molecule has 0 fully saturated rings. The van der Waals surface area contributed by atoms with Crippen LogP contribution in [0.5, 0.6) is 0 Å². The van der Waals surface area contributed by atoms with Crippen molar-refractivity contribution < 1.29 is 9.53 Å². The Kier molecular flexibility index (Phi) is 4.10. The first-order chi connectivity index (χ1) is 8.72. The normalized spacial score (nSPS) is 11.9. The van der Waals surface area contributed by atoms with Gasteiger partial charge in [-0.05, 0) is 17.7 Å². The van der Waals surface area contributed by atoms with Crippen molar-refractivity contribution in [3.05, 3.63) is 65.5 Å². The van der Waals surface area contributed by atoms with Crippen molar-refractivity contribution in [2.75, 3.05) is 7.11 Å². The van der Waals surface area contributed by atoms with Crippen LogP contribution in [0.25, 0.3) is 0 Å². The molecule has 0 amide bonds. The molecule has 0 aliphatic carbocycles. The molecule has 0 saturated carbocycles. The lowest BCUT2D eigenvalue weighted by atomic mass is 10.1. The van der Waals surface area contributed by atoms with Gasteiger partial charge in [-0.15, -0.1) is 0 Å². The number of benzene rings is 1. The third kappa shape index (κ3) is 2.76. The van der Waals surface area contributed by atoms with Gasteiger partial charge in [-0.2, -0.15) is 0 Å². The number of nitrogens with zero attached hydrogens (tertiary/aromatic N) is 1. The third-order valence-electron chi connectivity index (χ3n) is 2.56. The molecule has 0 spiro atoms. The minimum Gasteiger partial charge on any atom is -0.465 e. The minimum atomic E-state index is -0.375. The second kappa shape index (κ2) is 5.78. The summed E-state index contributed by atoms with van der Waals surface area (Å²) in [7, 11) is 1.35. The number of carbonyl (C=O) groups is 1. The van der Waals surface area contributed by atoms with Crippen molar-refractivity contribution in [3.8, 4) is 0 Å². The molecule has 18 heavy (non-hydrogen) atoms. The summed E-state index contributed by atoms with van der Waals surface area (Å²) in [6.45, 7) is 0. The molecule has 2 rings (SSSR count). The predicted molar refractivity (Wildman–Crippen MR) is 72.8 cm³/mol. The van der Waals surface area contributed by atoms with Gasteiger partial charge in [-0.3, -0.25) is 4.98 Å². The van der Waals surface area contributed by atoms with Gasteiger partial charge >= 0.3 is 5.97 Å². The minimum absolute atomic E-state index is 0.0189. The highest BCUT2D eigenvalue weighted by molar-refractivity contribution is 9.09. The molecule has 4 heteroatoms. The highest BCUT2D eigenvalue weighted by Gasteiger charge is 2.12. The maximum absolute atomic E-state index is 11.3. The van der Waals surface area contributed by atoms with Gasteiger partial charge in [-0.1, -0.05) is 46.3 Å². The molecule has 0 aliphatic rings. The summed E-state index contributed by atoms with van der Waals surface area (Å²) in [6, 6.07) is 13.5. The van der Waals surface area contributed by atoms with Crippen LogP contribution in [0.2, 0.25) is 0 Å². The van der Waals surface area contributed by atoms with E-state index in [9.17, 15) is 4.79 Å². The van der Waals surface area contributed by atoms with E-state index in [1.54, 1.807) is 6.07 Å². The molecule has 1 unspecified atom stereocenters. The Balaban J connectivity index is 2.22. The number of pyridine rings is 1. The van der Waals surface area contributed by atoms with Crippen LogP contribution in [0.4, 0.5) is 0 Å². The van der Waals surface area contributed by atoms with E-state index < -0.39 is 0 Å². The van der Waals surface area contributed by atoms with Crippen LogP contribution >= 0.6 is 15.9 Å². The Morgan fingerprint density at radius 3 is 2.50 bits per heavy atom. The number of carbonyl (C=O) groups excluding carboxylic acids is 1. The molecule has 1 aromatic carbocycles. The predicted octanol–water partition coefficient (Wildman–Crippen LogP) is 3.35. The molecule has 2 aromatic rings. The molecule has 1 atom stereocenters. The second-order valence-corrected chi connectivity index (χ2v) is 4.65. The standard InChI is InChI=1S/C14H12BrNO2/c1-18-14(17)11-7-8-12(16-9-11)13(15)10-5-3-2-4-6-10/h2-9,13H,1H3. The number of methoxy groups -OCH3 is 1. The zero-order valence-corrected chi connectivity index (χ0v) is 11.4. The van der Waals surface area contributed by atoms with E-state index in [1.807, 2.05) is 36.4 Å². The molecule has 1 heterocycles. The maximum Gasteiger partial charge on any atom is 0.339 e. The van der Waals surface area contributed by atoms with E-state index in [4.69, 9.17) is 0 Å². The van der Waals surface area contributed by atoms with E-state index >= 15 is 0 Å². The van der Waals surface area contributed by atoms with Crippen LogP contribution < -0.4 is 0 Å². The monoisotopic (exact) mass is 305 g/mol. The van der Waals surface area contributed by atoms with Crippen LogP contribution in [0.3, 0.4) is 0 Å². The Hall–Kier alpha value is -1.68. The lowest BCUT2D eigenvalue weighted by Gasteiger charge is -2.09. The largest absolute Gasteiger partial charge is 0.465 e. The number of rotatable bonds is 3. The summed E-state index contributed by atoms with van der Waals surface area (Å²) in [5.41, 5.74) is 2.43. The number of ether oxygens (including phenoxy) is 1. The fourth-order valence-corrected chi connectivity index (χ4v) is 2.16. The smallest absolute Gasteiger partial charge is 0.339 e. The van der Waals surface area contributed by atoms with Crippen LogP contribution in [0.1, 0.15) is 26.4 Å². The van der Waals surface area contributed by atoms with E-state index in [0.29, 0.717) is 5.56 Å². The lowest BCUT2D eigenvalue weighted by Crippen LogP contribution is -2.03. The zero-order chi connectivity index (χ0) is 13.0. The van der Waals surface area contributed by atoms with E-state index in [2.05, 4.69) is 25.7 Å². The average molecular weight is 306 g/mol. The number of esters is 1. The summed E-state index contributed by atoms with van der Waals surface area (Å²) in [5.74, 6) is -0.375. The van der Waals surface area contributed by atoms with Crippen molar-refractivity contribution in [2.24, 2.45) is 0 Å².